The topological polar surface area (TPSA) is 26.0 Å². The molecule has 0 radical (unpaired) electrons. The molecule has 0 aromatic heterocycles. The Morgan fingerprint density at radius 2 is 1.82 bits per heavy atom. The number of hydrogen-bond donors (Lipinski definition) is 1. The summed E-state index contributed by atoms with van der Waals surface area (Å²) in [6, 6.07) is 0. The van der Waals surface area contributed by atoms with E-state index in [1.165, 1.54) is 0 Å². The van der Waals surface area contributed by atoms with Crippen molar-refractivity contribution in [1.82, 2.24) is 0 Å². The highest BCUT2D eigenvalue weighted by Crippen LogP contribution is 2.19. The molecule has 0 spiro atoms. The van der Waals surface area contributed by atoms with Gasteiger partial charge in [-0.3, -0.25) is 0 Å². The maximum absolute atomic E-state index is 11.9. The second kappa shape index (κ2) is 6.59. The van der Waals surface area contributed by atoms with Gasteiger partial charge in [-0.25, -0.2) is 4.39 Å². The average Bonchev–Trinajstić information content (AvgIpc) is 2.41. The molecule has 11 heavy (non-hydrogen) atoms. The lowest BCUT2D eigenvalue weighted by Crippen LogP contribution is -2.05. The third-order valence-corrected chi connectivity index (χ3v) is 1.76. The van der Waals surface area contributed by atoms with E-state index in [1.54, 1.807) is 0 Å². The normalized spacial score (nSPS) is 18.3. The van der Waals surface area contributed by atoms with Crippen LogP contribution in [0.4, 0.5) is 4.39 Å². The third-order valence-electron chi connectivity index (χ3n) is 1.76. The quantitative estimate of drug-likeness (QED) is 0.632. The Morgan fingerprint density at radius 1 is 1.45 bits per heavy atom. The first kappa shape index (κ1) is 10.9. The standard InChI is InChI=1S/C5H9F.C4H11N.H2/c6-5-3-1-2-4-5;1-4(2)3-5;/h5H,1-4H2;4H,3,5H2,1-2H3;1H. The first-order valence-corrected chi connectivity index (χ1v) is 4.51. The average molecular weight is 163 g/mol. The fraction of sp³-hybridized carbons (Fsp3) is 1.00. The molecule has 1 aliphatic rings. The van der Waals surface area contributed by atoms with Crippen molar-refractivity contribution in [3.63, 3.8) is 0 Å². The maximum Gasteiger partial charge on any atom is 0.100 e. The van der Waals surface area contributed by atoms with E-state index in [9.17, 15) is 4.39 Å². The van der Waals surface area contributed by atoms with Crippen LogP contribution in [0.2, 0.25) is 0 Å². The summed E-state index contributed by atoms with van der Waals surface area (Å²) < 4.78 is 11.9. The number of halogens is 1. The summed E-state index contributed by atoms with van der Waals surface area (Å²) >= 11 is 0. The monoisotopic (exact) mass is 163 g/mol. The minimum Gasteiger partial charge on any atom is -0.330 e. The Morgan fingerprint density at radius 3 is 1.91 bits per heavy atom. The van der Waals surface area contributed by atoms with Crippen molar-refractivity contribution in [2.45, 2.75) is 45.7 Å². The van der Waals surface area contributed by atoms with Gasteiger partial charge in [-0.05, 0) is 25.3 Å². The summed E-state index contributed by atoms with van der Waals surface area (Å²) in [5.74, 6) is 0.662. The lowest BCUT2D eigenvalue weighted by molar-refractivity contribution is 0.343. The molecular formula is C9H22FN. The first-order valence-electron chi connectivity index (χ1n) is 4.51. The lowest BCUT2D eigenvalue weighted by Gasteiger charge is -1.91. The van der Waals surface area contributed by atoms with Crippen molar-refractivity contribution in [2.75, 3.05) is 6.54 Å². The summed E-state index contributed by atoms with van der Waals surface area (Å²) in [7, 11) is 0. The highest BCUT2D eigenvalue weighted by Gasteiger charge is 2.11. The van der Waals surface area contributed by atoms with Crippen LogP contribution < -0.4 is 5.73 Å². The Labute approximate surface area is 70.6 Å². The molecule has 2 N–H and O–H groups in total. The van der Waals surface area contributed by atoms with Gasteiger partial charge >= 0.3 is 0 Å². The molecule has 0 saturated heterocycles. The molecule has 1 rings (SSSR count). The third kappa shape index (κ3) is 7.79. The molecular weight excluding hydrogens is 141 g/mol. The second-order valence-electron chi connectivity index (χ2n) is 3.51. The zero-order valence-corrected chi connectivity index (χ0v) is 7.65. The fourth-order valence-electron chi connectivity index (χ4n) is 0.876. The molecule has 1 aliphatic carbocycles. The van der Waals surface area contributed by atoms with Crippen LogP contribution >= 0.6 is 0 Å². The number of nitrogens with two attached hydrogens (primary N) is 1. The van der Waals surface area contributed by atoms with Crippen molar-refractivity contribution in [1.29, 1.82) is 0 Å². The fourth-order valence-corrected chi connectivity index (χ4v) is 0.876. The van der Waals surface area contributed by atoms with E-state index in [2.05, 4.69) is 13.8 Å². The zero-order chi connectivity index (χ0) is 8.69. The Kier molecular flexibility index (Phi) is 6.52. The Balaban J connectivity index is 0. The molecule has 0 atom stereocenters. The van der Waals surface area contributed by atoms with Crippen LogP contribution in [0, 0.1) is 5.92 Å². The first-order chi connectivity index (χ1) is 5.16. The SMILES string of the molecule is CC(C)CN.FC1CCCC1.[HH]. The van der Waals surface area contributed by atoms with Crippen LogP contribution in [-0.4, -0.2) is 12.7 Å². The molecule has 0 amide bonds. The molecule has 0 aromatic carbocycles. The Bertz CT molecular complexity index is 82.6. The van der Waals surface area contributed by atoms with E-state index in [1.807, 2.05) is 0 Å². The van der Waals surface area contributed by atoms with Crippen LogP contribution in [0.15, 0.2) is 0 Å². The van der Waals surface area contributed by atoms with E-state index in [4.69, 9.17) is 5.73 Å². The van der Waals surface area contributed by atoms with Crippen molar-refractivity contribution in [2.24, 2.45) is 11.7 Å². The van der Waals surface area contributed by atoms with Crippen molar-refractivity contribution in [3.05, 3.63) is 0 Å². The lowest BCUT2D eigenvalue weighted by atomic mass is 10.2. The van der Waals surface area contributed by atoms with Crippen LogP contribution in [0.25, 0.3) is 0 Å². The van der Waals surface area contributed by atoms with Gasteiger partial charge in [0.25, 0.3) is 0 Å². The molecule has 1 nitrogen and oxygen atoms in total. The summed E-state index contributed by atoms with van der Waals surface area (Å²) in [5, 5.41) is 0. The van der Waals surface area contributed by atoms with E-state index < -0.39 is 6.17 Å². The highest BCUT2D eigenvalue weighted by molar-refractivity contribution is 4.63. The van der Waals surface area contributed by atoms with Gasteiger partial charge in [-0.2, -0.15) is 0 Å². The van der Waals surface area contributed by atoms with Gasteiger partial charge in [0.1, 0.15) is 6.17 Å². The minimum atomic E-state index is -0.454. The van der Waals surface area contributed by atoms with Crippen molar-refractivity contribution < 1.29 is 5.82 Å². The zero-order valence-electron chi connectivity index (χ0n) is 7.65. The number of rotatable bonds is 1. The smallest absolute Gasteiger partial charge is 0.100 e. The van der Waals surface area contributed by atoms with Crippen LogP contribution in [0.5, 0.6) is 0 Å². The number of hydrogen-bond acceptors (Lipinski definition) is 1. The van der Waals surface area contributed by atoms with Gasteiger partial charge in [0.15, 0.2) is 0 Å². The number of alkyl halides is 1. The van der Waals surface area contributed by atoms with Gasteiger partial charge in [-0.15, -0.1) is 0 Å². The molecule has 1 fully saturated rings. The van der Waals surface area contributed by atoms with Gasteiger partial charge in [0, 0.05) is 1.43 Å². The van der Waals surface area contributed by atoms with Crippen molar-refractivity contribution in [3.8, 4) is 0 Å². The molecule has 0 unspecified atom stereocenters. The molecule has 0 bridgehead atoms. The predicted octanol–water partition coefficient (Wildman–Crippen LogP) is 2.75. The second-order valence-corrected chi connectivity index (χ2v) is 3.51. The van der Waals surface area contributed by atoms with E-state index in [-0.39, 0.29) is 1.43 Å². The summed E-state index contributed by atoms with van der Waals surface area (Å²) in [6.45, 7) is 5.00. The molecule has 2 heteroatoms. The van der Waals surface area contributed by atoms with E-state index in [0.29, 0.717) is 5.92 Å². The molecule has 0 aromatic rings. The predicted molar refractivity (Wildman–Crippen MR) is 49.4 cm³/mol. The molecule has 0 heterocycles. The minimum absolute atomic E-state index is 0. The van der Waals surface area contributed by atoms with Gasteiger partial charge < -0.3 is 5.73 Å². The molecule has 0 aliphatic heterocycles. The van der Waals surface area contributed by atoms with Crippen molar-refractivity contribution >= 4 is 0 Å². The largest absolute Gasteiger partial charge is 0.330 e. The van der Waals surface area contributed by atoms with Crippen LogP contribution in [0.1, 0.15) is 41.0 Å². The van der Waals surface area contributed by atoms with E-state index in [0.717, 1.165) is 32.2 Å². The maximum atomic E-state index is 11.9. The highest BCUT2D eigenvalue weighted by atomic mass is 19.1. The summed E-state index contributed by atoms with van der Waals surface area (Å²) in [5.41, 5.74) is 5.17. The van der Waals surface area contributed by atoms with Gasteiger partial charge in [0.05, 0.1) is 0 Å². The Hall–Kier alpha value is -0.110. The summed E-state index contributed by atoms with van der Waals surface area (Å²) in [4.78, 5) is 0. The van der Waals surface area contributed by atoms with Gasteiger partial charge in [0.2, 0.25) is 0 Å². The molecule has 70 valence electrons. The molecule has 1 saturated carbocycles. The van der Waals surface area contributed by atoms with Crippen LogP contribution in [-0.2, 0) is 0 Å². The van der Waals surface area contributed by atoms with Gasteiger partial charge in [-0.1, -0.05) is 26.7 Å². The van der Waals surface area contributed by atoms with Crippen LogP contribution in [0.3, 0.4) is 0 Å². The van der Waals surface area contributed by atoms with E-state index >= 15 is 0 Å². The summed E-state index contributed by atoms with van der Waals surface area (Å²) in [6.07, 6.45) is 3.41.